The summed E-state index contributed by atoms with van der Waals surface area (Å²) in [5.74, 6) is -0.930. The molecule has 2 heterocycles. The van der Waals surface area contributed by atoms with Crippen LogP contribution in [0.4, 0.5) is 0 Å². The molecule has 0 radical (unpaired) electrons. The summed E-state index contributed by atoms with van der Waals surface area (Å²) in [6.45, 7) is 4.14. The molecule has 2 aromatic carbocycles. The summed E-state index contributed by atoms with van der Waals surface area (Å²) in [5.41, 5.74) is 3.51. The van der Waals surface area contributed by atoms with Crippen LogP contribution in [0.5, 0.6) is 0 Å². The minimum Gasteiger partial charge on any atom is -0.507 e. The summed E-state index contributed by atoms with van der Waals surface area (Å²) in [6.07, 6.45) is 2.40. The molecule has 0 spiro atoms. The molecule has 1 aromatic heterocycles. The fourth-order valence-electron chi connectivity index (χ4n) is 3.85. The Morgan fingerprint density at radius 3 is 2.47 bits per heavy atom. The molecule has 1 fully saturated rings. The van der Waals surface area contributed by atoms with E-state index in [0.717, 1.165) is 23.1 Å². The Labute approximate surface area is 175 Å². The lowest BCUT2D eigenvalue weighted by atomic mass is 9.94. The number of aryl methyl sites for hydroxylation is 2. The van der Waals surface area contributed by atoms with Gasteiger partial charge in [0.05, 0.1) is 24.4 Å². The highest BCUT2D eigenvalue weighted by molar-refractivity contribution is 6.46. The van der Waals surface area contributed by atoms with Gasteiger partial charge in [0, 0.05) is 5.56 Å². The lowest BCUT2D eigenvalue weighted by molar-refractivity contribution is -0.140. The predicted molar refractivity (Wildman–Crippen MR) is 114 cm³/mol. The van der Waals surface area contributed by atoms with Crippen LogP contribution < -0.4 is 0 Å². The van der Waals surface area contributed by atoms with Crippen molar-refractivity contribution in [3.05, 3.63) is 101 Å². The second-order valence-electron chi connectivity index (χ2n) is 7.47. The molecule has 1 atom stereocenters. The zero-order valence-corrected chi connectivity index (χ0v) is 17.0. The summed E-state index contributed by atoms with van der Waals surface area (Å²) in [7, 11) is 0. The highest BCUT2D eigenvalue weighted by atomic mass is 16.3. The molecule has 0 bridgehead atoms. The number of Topliss-reactive ketones (excluding diaryl/α,β-unsaturated/α-hetero) is 1. The van der Waals surface area contributed by atoms with E-state index in [0.29, 0.717) is 11.3 Å². The van der Waals surface area contributed by atoms with Crippen molar-refractivity contribution < 1.29 is 19.1 Å². The third kappa shape index (κ3) is 3.54. The van der Waals surface area contributed by atoms with Gasteiger partial charge in [0.1, 0.15) is 11.5 Å². The SMILES string of the molecule is CCc1ccc(/C(O)=C2/C(=O)C(=O)N(Cc3ccco3)C2c2cccc(C)c2)cc1. The first-order valence-electron chi connectivity index (χ1n) is 9.96. The smallest absolute Gasteiger partial charge is 0.296 e. The summed E-state index contributed by atoms with van der Waals surface area (Å²) < 4.78 is 5.41. The number of aliphatic hydroxyl groups is 1. The first-order chi connectivity index (χ1) is 14.5. The van der Waals surface area contributed by atoms with E-state index in [1.807, 2.05) is 50.2 Å². The Bertz CT molecular complexity index is 1110. The van der Waals surface area contributed by atoms with Gasteiger partial charge in [-0.25, -0.2) is 0 Å². The molecule has 0 saturated carbocycles. The molecule has 1 saturated heterocycles. The number of amides is 1. The van der Waals surface area contributed by atoms with Gasteiger partial charge in [0.15, 0.2) is 0 Å². The maximum Gasteiger partial charge on any atom is 0.296 e. The molecular weight excluding hydrogens is 378 g/mol. The number of hydrogen-bond donors (Lipinski definition) is 1. The molecule has 1 unspecified atom stereocenters. The Morgan fingerprint density at radius 2 is 1.83 bits per heavy atom. The fourth-order valence-corrected chi connectivity index (χ4v) is 3.85. The number of carbonyl (C=O) groups excluding carboxylic acids is 2. The fraction of sp³-hybridized carbons (Fsp3) is 0.200. The average molecular weight is 401 g/mol. The zero-order chi connectivity index (χ0) is 21.3. The molecule has 5 heteroatoms. The average Bonchev–Trinajstić information content (AvgIpc) is 3.36. The molecule has 1 N–H and O–H groups in total. The second kappa shape index (κ2) is 8.03. The van der Waals surface area contributed by atoms with E-state index in [2.05, 4.69) is 0 Å². The van der Waals surface area contributed by atoms with E-state index in [1.54, 1.807) is 24.3 Å². The Balaban J connectivity index is 1.85. The van der Waals surface area contributed by atoms with E-state index in [9.17, 15) is 14.7 Å². The number of furan rings is 1. The zero-order valence-electron chi connectivity index (χ0n) is 17.0. The Hall–Kier alpha value is -3.60. The first kappa shape index (κ1) is 19.7. The number of rotatable bonds is 5. The second-order valence-corrected chi connectivity index (χ2v) is 7.47. The van der Waals surface area contributed by atoms with Crippen LogP contribution in [-0.2, 0) is 22.6 Å². The minimum absolute atomic E-state index is 0.0985. The van der Waals surface area contributed by atoms with Gasteiger partial charge >= 0.3 is 0 Å². The van der Waals surface area contributed by atoms with Gasteiger partial charge in [-0.2, -0.15) is 0 Å². The van der Waals surface area contributed by atoms with Crippen LogP contribution in [0.2, 0.25) is 0 Å². The van der Waals surface area contributed by atoms with Gasteiger partial charge in [-0.15, -0.1) is 0 Å². The molecule has 30 heavy (non-hydrogen) atoms. The summed E-state index contributed by atoms with van der Waals surface area (Å²) in [5, 5.41) is 11.1. The van der Waals surface area contributed by atoms with Crippen molar-refractivity contribution in [3.63, 3.8) is 0 Å². The number of ketones is 1. The van der Waals surface area contributed by atoms with Gasteiger partial charge in [-0.1, -0.05) is 61.0 Å². The molecule has 4 rings (SSSR count). The van der Waals surface area contributed by atoms with Gasteiger partial charge in [-0.05, 0) is 36.6 Å². The third-order valence-corrected chi connectivity index (χ3v) is 5.44. The summed E-state index contributed by atoms with van der Waals surface area (Å²) in [6, 6.07) is 17.8. The van der Waals surface area contributed by atoms with Crippen LogP contribution in [0, 0.1) is 6.92 Å². The van der Waals surface area contributed by atoms with Crippen molar-refractivity contribution in [2.24, 2.45) is 0 Å². The van der Waals surface area contributed by atoms with Crippen molar-refractivity contribution in [2.45, 2.75) is 32.9 Å². The first-order valence-corrected chi connectivity index (χ1v) is 9.96. The van der Waals surface area contributed by atoms with Gasteiger partial charge < -0.3 is 14.4 Å². The number of hydrogen-bond acceptors (Lipinski definition) is 4. The molecule has 1 aliphatic heterocycles. The Morgan fingerprint density at radius 1 is 1.07 bits per heavy atom. The molecule has 1 aliphatic rings. The van der Waals surface area contributed by atoms with Crippen LogP contribution in [0.1, 0.15) is 41.0 Å². The molecule has 1 amide bonds. The summed E-state index contributed by atoms with van der Waals surface area (Å²) in [4.78, 5) is 27.4. The van der Waals surface area contributed by atoms with E-state index >= 15 is 0 Å². The number of aliphatic hydroxyl groups excluding tert-OH is 1. The van der Waals surface area contributed by atoms with Crippen LogP contribution >= 0.6 is 0 Å². The van der Waals surface area contributed by atoms with Crippen LogP contribution in [0.25, 0.3) is 5.76 Å². The van der Waals surface area contributed by atoms with E-state index in [-0.39, 0.29) is 17.9 Å². The number of benzene rings is 2. The topological polar surface area (TPSA) is 70.8 Å². The lowest BCUT2D eigenvalue weighted by Crippen LogP contribution is -2.29. The van der Waals surface area contributed by atoms with Crippen molar-refractivity contribution in [1.82, 2.24) is 4.90 Å². The van der Waals surface area contributed by atoms with Crippen molar-refractivity contribution in [1.29, 1.82) is 0 Å². The molecule has 152 valence electrons. The third-order valence-electron chi connectivity index (χ3n) is 5.44. The van der Waals surface area contributed by atoms with Crippen LogP contribution in [0.15, 0.2) is 76.9 Å². The van der Waals surface area contributed by atoms with Crippen molar-refractivity contribution in [2.75, 3.05) is 0 Å². The minimum atomic E-state index is -0.694. The van der Waals surface area contributed by atoms with Gasteiger partial charge in [-0.3, -0.25) is 9.59 Å². The van der Waals surface area contributed by atoms with Gasteiger partial charge in [0.2, 0.25) is 0 Å². The van der Waals surface area contributed by atoms with E-state index < -0.39 is 17.7 Å². The quantitative estimate of drug-likeness (QED) is 0.380. The molecule has 3 aromatic rings. The highest BCUT2D eigenvalue weighted by Gasteiger charge is 2.46. The largest absolute Gasteiger partial charge is 0.507 e. The van der Waals surface area contributed by atoms with E-state index in [4.69, 9.17) is 4.42 Å². The normalized spacial score (nSPS) is 18.2. The number of nitrogens with zero attached hydrogens (tertiary/aromatic N) is 1. The lowest BCUT2D eigenvalue weighted by Gasteiger charge is -2.24. The highest BCUT2D eigenvalue weighted by Crippen LogP contribution is 2.40. The van der Waals surface area contributed by atoms with Crippen molar-refractivity contribution >= 4 is 17.4 Å². The van der Waals surface area contributed by atoms with Gasteiger partial charge in [0.25, 0.3) is 11.7 Å². The van der Waals surface area contributed by atoms with E-state index in [1.165, 1.54) is 11.2 Å². The maximum atomic E-state index is 13.0. The molecule has 0 aliphatic carbocycles. The maximum absolute atomic E-state index is 13.0. The van der Waals surface area contributed by atoms with Crippen LogP contribution in [-0.4, -0.2) is 21.7 Å². The number of likely N-dealkylation sites (tertiary alicyclic amines) is 1. The molecular formula is C25H23NO4. The standard InChI is InChI=1S/C25H23NO4/c1-3-17-9-11-18(12-10-17)23(27)21-22(19-7-4-6-16(2)14-19)26(25(29)24(21)28)15-20-8-5-13-30-20/h4-14,22,27H,3,15H2,1-2H3/b23-21-. The Kier molecular flexibility index (Phi) is 5.27. The summed E-state index contributed by atoms with van der Waals surface area (Å²) >= 11 is 0. The van der Waals surface area contributed by atoms with Crippen LogP contribution in [0.3, 0.4) is 0 Å². The monoisotopic (exact) mass is 401 g/mol. The van der Waals surface area contributed by atoms with Crippen molar-refractivity contribution in [3.8, 4) is 0 Å². The molecule has 5 nitrogen and oxygen atoms in total. The predicted octanol–water partition coefficient (Wildman–Crippen LogP) is 4.77. The number of carbonyl (C=O) groups is 2.